The molecule has 0 atom stereocenters. The van der Waals surface area contributed by atoms with Crippen LogP contribution in [0.2, 0.25) is 0 Å². The lowest BCUT2D eigenvalue weighted by Crippen LogP contribution is -2.58. The molecular weight excluding hydrogens is 308 g/mol. The van der Waals surface area contributed by atoms with Crippen molar-refractivity contribution in [2.24, 2.45) is 5.92 Å². The maximum atomic E-state index is 5.71. The van der Waals surface area contributed by atoms with E-state index in [0.717, 1.165) is 25.7 Å². The molecule has 2 aliphatic rings. The van der Waals surface area contributed by atoms with Gasteiger partial charge in [0.15, 0.2) is 0 Å². The van der Waals surface area contributed by atoms with Crippen LogP contribution in [0.4, 0.5) is 0 Å². The average molecular weight is 345 g/mol. The number of hydrogen-bond donors (Lipinski definition) is 0. The van der Waals surface area contributed by atoms with E-state index in [2.05, 4.69) is 54.0 Å². The van der Waals surface area contributed by atoms with Crippen LogP contribution in [0.1, 0.15) is 51.5 Å². The van der Waals surface area contributed by atoms with Crippen molar-refractivity contribution in [1.82, 2.24) is 9.80 Å². The van der Waals surface area contributed by atoms with Gasteiger partial charge in [-0.05, 0) is 30.7 Å². The van der Waals surface area contributed by atoms with Crippen molar-refractivity contribution in [3.05, 3.63) is 35.9 Å². The summed E-state index contributed by atoms with van der Waals surface area (Å²) in [6.45, 7) is 12.5. The number of hydrogen-bond acceptors (Lipinski definition) is 3. The Bertz CT molecular complexity index is 488. The molecule has 0 amide bonds. The van der Waals surface area contributed by atoms with Crippen LogP contribution < -0.4 is 0 Å². The largest absolute Gasteiger partial charge is 0.381 e. The molecule has 0 aliphatic carbocycles. The highest BCUT2D eigenvalue weighted by atomic mass is 16.5. The molecule has 0 spiro atoms. The second-order valence-corrected chi connectivity index (χ2v) is 8.37. The summed E-state index contributed by atoms with van der Waals surface area (Å²) in [6, 6.07) is 10.9. The van der Waals surface area contributed by atoms with Gasteiger partial charge in [0.1, 0.15) is 0 Å². The summed E-state index contributed by atoms with van der Waals surface area (Å²) in [6.07, 6.45) is 6.53. The Morgan fingerprint density at radius 2 is 1.68 bits per heavy atom. The fourth-order valence-corrected chi connectivity index (χ4v) is 4.54. The lowest BCUT2D eigenvalue weighted by atomic mass is 9.81. The molecule has 3 nitrogen and oxygen atoms in total. The van der Waals surface area contributed by atoms with Gasteiger partial charge in [-0.25, -0.2) is 0 Å². The molecule has 2 heterocycles. The molecule has 1 aromatic carbocycles. The van der Waals surface area contributed by atoms with Crippen LogP contribution >= 0.6 is 0 Å². The van der Waals surface area contributed by atoms with E-state index >= 15 is 0 Å². The van der Waals surface area contributed by atoms with Crippen molar-refractivity contribution in [2.75, 3.05) is 39.4 Å². The molecule has 0 radical (unpaired) electrons. The third kappa shape index (κ3) is 5.29. The minimum Gasteiger partial charge on any atom is -0.381 e. The Hall–Kier alpha value is -0.900. The van der Waals surface area contributed by atoms with E-state index in [9.17, 15) is 0 Å². The zero-order chi connectivity index (χ0) is 17.5. The highest BCUT2D eigenvalue weighted by molar-refractivity contribution is 5.14. The smallest absolute Gasteiger partial charge is 0.0483 e. The summed E-state index contributed by atoms with van der Waals surface area (Å²) >= 11 is 0. The van der Waals surface area contributed by atoms with E-state index in [-0.39, 0.29) is 0 Å². The minimum absolute atomic E-state index is 0.409. The van der Waals surface area contributed by atoms with Gasteiger partial charge < -0.3 is 4.74 Å². The third-order valence-electron chi connectivity index (χ3n) is 6.14. The maximum Gasteiger partial charge on any atom is 0.0483 e. The highest BCUT2D eigenvalue weighted by Crippen LogP contribution is 2.34. The minimum atomic E-state index is 0.409. The van der Waals surface area contributed by atoms with Gasteiger partial charge in [0.2, 0.25) is 0 Å². The van der Waals surface area contributed by atoms with Crippen molar-refractivity contribution < 1.29 is 4.74 Å². The van der Waals surface area contributed by atoms with Crippen molar-refractivity contribution >= 4 is 0 Å². The number of benzene rings is 1. The first kappa shape index (κ1) is 18.9. The van der Waals surface area contributed by atoms with E-state index in [1.54, 1.807) is 0 Å². The summed E-state index contributed by atoms with van der Waals surface area (Å²) in [5.41, 5.74) is 1.85. The molecule has 2 fully saturated rings. The van der Waals surface area contributed by atoms with Gasteiger partial charge in [0.25, 0.3) is 0 Å². The van der Waals surface area contributed by atoms with Crippen molar-refractivity contribution in [3.8, 4) is 0 Å². The Kier molecular flexibility index (Phi) is 6.92. The summed E-state index contributed by atoms with van der Waals surface area (Å²) in [7, 11) is 0. The second-order valence-electron chi connectivity index (χ2n) is 8.37. The molecule has 0 unspecified atom stereocenters. The Morgan fingerprint density at radius 3 is 2.32 bits per heavy atom. The van der Waals surface area contributed by atoms with Crippen LogP contribution in [0, 0.1) is 5.92 Å². The third-order valence-corrected chi connectivity index (χ3v) is 6.14. The van der Waals surface area contributed by atoms with Crippen LogP contribution in [-0.2, 0) is 11.3 Å². The first-order valence-corrected chi connectivity index (χ1v) is 10.3. The van der Waals surface area contributed by atoms with Crippen molar-refractivity contribution in [3.63, 3.8) is 0 Å². The van der Waals surface area contributed by atoms with Gasteiger partial charge in [-0.2, -0.15) is 0 Å². The van der Waals surface area contributed by atoms with Gasteiger partial charge in [-0.15, -0.1) is 0 Å². The molecule has 0 bridgehead atoms. The standard InChI is InChI=1S/C22H36N2O/c1-20(2)7-6-10-22(11-17-25-18-12-22)24-15-13-23(14-16-24)19-21-8-4-3-5-9-21/h3-5,8-9,20H,6-7,10-19H2,1-2H3. The van der Waals surface area contributed by atoms with Crippen molar-refractivity contribution in [2.45, 2.75) is 58.0 Å². The summed E-state index contributed by atoms with van der Waals surface area (Å²) < 4.78 is 5.71. The van der Waals surface area contributed by atoms with E-state index in [1.165, 1.54) is 63.8 Å². The highest BCUT2D eigenvalue weighted by Gasteiger charge is 2.39. The molecule has 2 aliphatic heterocycles. The van der Waals surface area contributed by atoms with Crippen LogP contribution in [0.25, 0.3) is 0 Å². The molecule has 2 saturated heterocycles. The lowest BCUT2D eigenvalue weighted by molar-refractivity contribution is -0.0535. The molecule has 0 saturated carbocycles. The van der Waals surface area contributed by atoms with Crippen LogP contribution in [-0.4, -0.2) is 54.7 Å². The number of rotatable bonds is 7. The predicted molar refractivity (Wildman–Crippen MR) is 105 cm³/mol. The van der Waals surface area contributed by atoms with Crippen molar-refractivity contribution in [1.29, 1.82) is 0 Å². The van der Waals surface area contributed by atoms with E-state index in [1.807, 2.05) is 0 Å². The quantitative estimate of drug-likeness (QED) is 0.738. The Labute approximate surface area is 154 Å². The first-order chi connectivity index (χ1) is 12.2. The van der Waals surface area contributed by atoms with E-state index in [0.29, 0.717) is 5.54 Å². The average Bonchev–Trinajstić information content (AvgIpc) is 2.64. The molecule has 1 aromatic rings. The number of ether oxygens (including phenoxy) is 1. The first-order valence-electron chi connectivity index (χ1n) is 10.3. The molecule has 3 rings (SSSR count). The normalized spacial score (nSPS) is 22.4. The molecule has 0 N–H and O–H groups in total. The zero-order valence-corrected chi connectivity index (χ0v) is 16.3. The van der Waals surface area contributed by atoms with Gasteiger partial charge in [0, 0.05) is 51.5 Å². The molecule has 140 valence electrons. The summed E-state index contributed by atoms with van der Waals surface area (Å²) in [5.74, 6) is 0.819. The van der Waals surface area contributed by atoms with E-state index in [4.69, 9.17) is 4.74 Å². The predicted octanol–water partition coefficient (Wildman–Crippen LogP) is 4.18. The molecular formula is C22H36N2O. The van der Waals surface area contributed by atoms with Gasteiger partial charge in [-0.1, -0.05) is 57.0 Å². The fourth-order valence-electron chi connectivity index (χ4n) is 4.54. The zero-order valence-electron chi connectivity index (χ0n) is 16.3. The molecule has 3 heteroatoms. The number of nitrogens with zero attached hydrogens (tertiary/aromatic N) is 2. The molecule has 25 heavy (non-hydrogen) atoms. The van der Waals surface area contributed by atoms with Gasteiger partial charge >= 0.3 is 0 Å². The Morgan fingerprint density at radius 1 is 1.00 bits per heavy atom. The monoisotopic (exact) mass is 344 g/mol. The fraction of sp³-hybridized carbons (Fsp3) is 0.727. The summed E-state index contributed by atoms with van der Waals surface area (Å²) in [5, 5.41) is 0. The van der Waals surface area contributed by atoms with Crippen LogP contribution in [0.15, 0.2) is 30.3 Å². The van der Waals surface area contributed by atoms with Gasteiger partial charge in [0.05, 0.1) is 0 Å². The molecule has 0 aromatic heterocycles. The van der Waals surface area contributed by atoms with E-state index < -0.39 is 0 Å². The SMILES string of the molecule is CC(C)CCCC1(N2CCN(Cc3ccccc3)CC2)CCOCC1. The number of piperazine rings is 1. The summed E-state index contributed by atoms with van der Waals surface area (Å²) in [4.78, 5) is 5.43. The van der Waals surface area contributed by atoms with Gasteiger partial charge in [-0.3, -0.25) is 9.80 Å². The second kappa shape index (κ2) is 9.16. The Balaban J connectivity index is 1.54. The van der Waals surface area contributed by atoms with Crippen LogP contribution in [0.3, 0.4) is 0 Å². The maximum absolute atomic E-state index is 5.71. The van der Waals surface area contributed by atoms with Crippen LogP contribution in [0.5, 0.6) is 0 Å². The lowest BCUT2D eigenvalue weighted by Gasteiger charge is -2.50. The topological polar surface area (TPSA) is 15.7 Å².